The van der Waals surface area contributed by atoms with Crippen LogP contribution in [0.15, 0.2) is 36.8 Å². The van der Waals surface area contributed by atoms with E-state index in [1.165, 1.54) is 6.33 Å². The number of rotatable bonds is 7. The highest BCUT2D eigenvalue weighted by molar-refractivity contribution is 5.92. The van der Waals surface area contributed by atoms with Crippen LogP contribution in [0.3, 0.4) is 0 Å². The molecule has 22 heavy (non-hydrogen) atoms. The van der Waals surface area contributed by atoms with Gasteiger partial charge in [0.2, 0.25) is 0 Å². The molecule has 2 N–H and O–H groups in total. The van der Waals surface area contributed by atoms with Gasteiger partial charge in [0.05, 0.1) is 12.2 Å². The molecule has 0 fully saturated rings. The van der Waals surface area contributed by atoms with Crippen molar-refractivity contribution in [2.24, 2.45) is 5.92 Å². The quantitative estimate of drug-likeness (QED) is 0.819. The lowest BCUT2D eigenvalue weighted by Gasteiger charge is -2.08. The zero-order valence-electron chi connectivity index (χ0n) is 12.9. The van der Waals surface area contributed by atoms with Crippen LogP contribution < -0.4 is 10.6 Å². The first kappa shape index (κ1) is 15.9. The molecule has 2 aromatic heterocycles. The van der Waals surface area contributed by atoms with Crippen molar-refractivity contribution in [1.82, 2.24) is 20.3 Å². The minimum atomic E-state index is -0.177. The Hall–Kier alpha value is -2.50. The summed E-state index contributed by atoms with van der Waals surface area (Å²) in [7, 11) is 0. The van der Waals surface area contributed by atoms with E-state index in [-0.39, 0.29) is 5.91 Å². The molecule has 2 aromatic rings. The number of pyridine rings is 1. The molecule has 0 aromatic carbocycles. The van der Waals surface area contributed by atoms with Gasteiger partial charge in [0, 0.05) is 18.8 Å². The summed E-state index contributed by atoms with van der Waals surface area (Å²) in [6.45, 7) is 5.44. The number of amides is 1. The zero-order valence-corrected chi connectivity index (χ0v) is 12.9. The topological polar surface area (TPSA) is 79.8 Å². The molecule has 0 bridgehead atoms. The van der Waals surface area contributed by atoms with E-state index in [1.807, 2.05) is 18.2 Å². The van der Waals surface area contributed by atoms with Crippen LogP contribution >= 0.6 is 0 Å². The summed E-state index contributed by atoms with van der Waals surface area (Å²) < 4.78 is 0. The Morgan fingerprint density at radius 1 is 1.23 bits per heavy atom. The fourth-order valence-corrected chi connectivity index (χ4v) is 1.83. The standard InChI is InChI=1S/C16H21N5O/c1-12(2)6-8-18-16(22)14-9-15(21-11-20-14)19-10-13-5-3-4-7-17-13/h3-5,7,9,11-12H,6,8,10H2,1-2H3,(H,18,22)(H,19,20,21). The second-order valence-electron chi connectivity index (χ2n) is 5.40. The summed E-state index contributed by atoms with van der Waals surface area (Å²) in [5, 5.41) is 6.00. The lowest BCUT2D eigenvalue weighted by Crippen LogP contribution is -2.26. The third-order valence-corrected chi connectivity index (χ3v) is 3.08. The number of carbonyl (C=O) groups excluding carboxylic acids is 1. The van der Waals surface area contributed by atoms with E-state index in [1.54, 1.807) is 12.3 Å². The molecule has 0 atom stereocenters. The molecule has 0 radical (unpaired) electrons. The Morgan fingerprint density at radius 2 is 2.09 bits per heavy atom. The first-order chi connectivity index (χ1) is 10.6. The minimum Gasteiger partial charge on any atom is -0.364 e. The first-order valence-electron chi connectivity index (χ1n) is 7.39. The predicted molar refractivity (Wildman–Crippen MR) is 85.4 cm³/mol. The largest absolute Gasteiger partial charge is 0.364 e. The number of hydrogen-bond acceptors (Lipinski definition) is 5. The van der Waals surface area contributed by atoms with Crippen LogP contribution in [0.1, 0.15) is 36.5 Å². The summed E-state index contributed by atoms with van der Waals surface area (Å²) in [6, 6.07) is 7.37. The van der Waals surface area contributed by atoms with E-state index in [2.05, 4.69) is 39.4 Å². The Labute approximate surface area is 130 Å². The molecule has 1 amide bonds. The fraction of sp³-hybridized carbons (Fsp3) is 0.375. The number of nitrogens with one attached hydrogen (secondary N) is 2. The van der Waals surface area contributed by atoms with Crippen LogP contribution in [0.5, 0.6) is 0 Å². The molecule has 0 aliphatic rings. The summed E-state index contributed by atoms with van der Waals surface area (Å²) >= 11 is 0. The molecule has 6 nitrogen and oxygen atoms in total. The van der Waals surface area contributed by atoms with Crippen molar-refractivity contribution in [2.45, 2.75) is 26.8 Å². The van der Waals surface area contributed by atoms with E-state index in [0.717, 1.165) is 12.1 Å². The Morgan fingerprint density at radius 3 is 2.82 bits per heavy atom. The van der Waals surface area contributed by atoms with Crippen LogP contribution in [0, 0.1) is 5.92 Å². The lowest BCUT2D eigenvalue weighted by molar-refractivity contribution is 0.0947. The third kappa shape index (κ3) is 5.12. The second-order valence-corrected chi connectivity index (χ2v) is 5.40. The normalized spacial score (nSPS) is 10.5. The van der Waals surface area contributed by atoms with Crippen molar-refractivity contribution in [2.75, 3.05) is 11.9 Å². The number of hydrogen-bond donors (Lipinski definition) is 2. The number of anilines is 1. The molecule has 116 valence electrons. The van der Waals surface area contributed by atoms with Gasteiger partial charge in [-0.2, -0.15) is 0 Å². The van der Waals surface area contributed by atoms with Crippen molar-refractivity contribution in [3.05, 3.63) is 48.2 Å². The number of nitrogens with zero attached hydrogens (tertiary/aromatic N) is 3. The smallest absolute Gasteiger partial charge is 0.270 e. The summed E-state index contributed by atoms with van der Waals surface area (Å²) in [5.74, 6) is 0.986. The summed E-state index contributed by atoms with van der Waals surface area (Å²) in [4.78, 5) is 24.4. The SMILES string of the molecule is CC(C)CCNC(=O)c1cc(NCc2ccccn2)ncn1. The van der Waals surface area contributed by atoms with Crippen LogP contribution in [0.2, 0.25) is 0 Å². The maximum Gasteiger partial charge on any atom is 0.270 e. The van der Waals surface area contributed by atoms with Crippen LogP contribution in [0.25, 0.3) is 0 Å². The molecular weight excluding hydrogens is 278 g/mol. The average Bonchev–Trinajstić information content (AvgIpc) is 2.54. The van der Waals surface area contributed by atoms with Crippen LogP contribution in [0.4, 0.5) is 5.82 Å². The highest BCUT2D eigenvalue weighted by Crippen LogP contribution is 2.06. The predicted octanol–water partition coefficient (Wildman–Crippen LogP) is 2.26. The zero-order chi connectivity index (χ0) is 15.8. The molecule has 0 aliphatic heterocycles. The van der Waals surface area contributed by atoms with E-state index in [4.69, 9.17) is 0 Å². The molecule has 0 unspecified atom stereocenters. The molecule has 0 aliphatic carbocycles. The van der Waals surface area contributed by atoms with Crippen molar-refractivity contribution >= 4 is 11.7 Å². The Bertz CT molecular complexity index is 600. The van der Waals surface area contributed by atoms with Crippen molar-refractivity contribution in [3.63, 3.8) is 0 Å². The second kappa shape index (κ2) is 8.07. The maximum atomic E-state index is 12.0. The van der Waals surface area contributed by atoms with E-state index in [9.17, 15) is 4.79 Å². The molecule has 6 heteroatoms. The number of aromatic nitrogens is 3. The molecule has 0 saturated heterocycles. The van der Waals surface area contributed by atoms with Crippen molar-refractivity contribution in [1.29, 1.82) is 0 Å². The summed E-state index contributed by atoms with van der Waals surface area (Å²) in [6.07, 6.45) is 4.07. The van der Waals surface area contributed by atoms with Crippen molar-refractivity contribution in [3.8, 4) is 0 Å². The lowest BCUT2D eigenvalue weighted by atomic mass is 10.1. The van der Waals surface area contributed by atoms with Gasteiger partial charge in [-0.05, 0) is 24.5 Å². The van der Waals surface area contributed by atoms with Gasteiger partial charge in [0.15, 0.2) is 0 Å². The average molecular weight is 299 g/mol. The van der Waals surface area contributed by atoms with E-state index >= 15 is 0 Å². The molecule has 0 spiro atoms. The van der Waals surface area contributed by atoms with Gasteiger partial charge in [-0.15, -0.1) is 0 Å². The van der Waals surface area contributed by atoms with Crippen LogP contribution in [-0.4, -0.2) is 27.4 Å². The van der Waals surface area contributed by atoms with E-state index in [0.29, 0.717) is 30.5 Å². The van der Waals surface area contributed by atoms with Gasteiger partial charge in [-0.25, -0.2) is 9.97 Å². The first-order valence-corrected chi connectivity index (χ1v) is 7.39. The highest BCUT2D eigenvalue weighted by atomic mass is 16.1. The Balaban J connectivity index is 1.90. The molecule has 2 heterocycles. The van der Waals surface area contributed by atoms with Gasteiger partial charge in [0.1, 0.15) is 17.8 Å². The minimum absolute atomic E-state index is 0.177. The monoisotopic (exact) mass is 299 g/mol. The third-order valence-electron chi connectivity index (χ3n) is 3.08. The van der Waals surface area contributed by atoms with Gasteiger partial charge in [-0.3, -0.25) is 9.78 Å². The fourth-order valence-electron chi connectivity index (χ4n) is 1.83. The molecular formula is C16H21N5O. The maximum absolute atomic E-state index is 12.0. The molecule has 2 rings (SSSR count). The van der Waals surface area contributed by atoms with Gasteiger partial charge >= 0.3 is 0 Å². The van der Waals surface area contributed by atoms with Gasteiger partial charge in [-0.1, -0.05) is 19.9 Å². The van der Waals surface area contributed by atoms with E-state index < -0.39 is 0 Å². The van der Waals surface area contributed by atoms with Crippen molar-refractivity contribution < 1.29 is 4.79 Å². The molecule has 0 saturated carbocycles. The van der Waals surface area contributed by atoms with Gasteiger partial charge in [0.25, 0.3) is 5.91 Å². The van der Waals surface area contributed by atoms with Gasteiger partial charge < -0.3 is 10.6 Å². The summed E-state index contributed by atoms with van der Waals surface area (Å²) in [5.41, 5.74) is 1.27. The number of carbonyl (C=O) groups is 1. The van der Waals surface area contributed by atoms with Crippen LogP contribution in [-0.2, 0) is 6.54 Å². The Kier molecular flexibility index (Phi) is 5.82. The highest BCUT2D eigenvalue weighted by Gasteiger charge is 2.08.